The van der Waals surface area contributed by atoms with E-state index in [1.807, 2.05) is 0 Å². The van der Waals surface area contributed by atoms with Crippen molar-refractivity contribution in [2.24, 2.45) is 39.9 Å². The lowest BCUT2D eigenvalue weighted by Crippen LogP contribution is -2.69. The van der Waals surface area contributed by atoms with Gasteiger partial charge in [0.1, 0.15) is 5.72 Å². The Morgan fingerprint density at radius 2 is 2.00 bits per heavy atom. The van der Waals surface area contributed by atoms with Crippen molar-refractivity contribution >= 4 is 0 Å². The van der Waals surface area contributed by atoms with Gasteiger partial charge in [0.05, 0.1) is 12.2 Å². The van der Waals surface area contributed by atoms with Crippen LogP contribution in [0.1, 0.15) is 39.0 Å². The lowest BCUT2D eigenvalue weighted by atomic mass is 9.39. The molecular formula is C20H27NO3. The van der Waals surface area contributed by atoms with Crippen molar-refractivity contribution in [2.45, 2.75) is 63.0 Å². The normalized spacial score (nSPS) is 76.1. The van der Waals surface area contributed by atoms with E-state index in [0.29, 0.717) is 12.0 Å². The number of nitrogens with zero attached hydrogens (tertiary/aromatic N) is 1. The topological polar surface area (TPSA) is 63.9 Å². The third-order valence-corrected chi connectivity index (χ3v) is 10.5. The lowest BCUT2D eigenvalue weighted by molar-refractivity contribution is -0.238. The van der Waals surface area contributed by atoms with Gasteiger partial charge in [-0.3, -0.25) is 4.90 Å². The number of aliphatic hydroxyl groups is 3. The van der Waals surface area contributed by atoms with E-state index in [4.69, 9.17) is 0 Å². The number of rotatable bonds is 0. The van der Waals surface area contributed by atoms with Crippen LogP contribution in [0.25, 0.3) is 0 Å². The Morgan fingerprint density at radius 3 is 2.79 bits per heavy atom. The zero-order chi connectivity index (χ0) is 16.4. The third-order valence-electron chi connectivity index (χ3n) is 10.5. The van der Waals surface area contributed by atoms with Crippen LogP contribution in [0, 0.1) is 39.9 Å². The maximum atomic E-state index is 12.2. The average Bonchev–Trinajstić information content (AvgIpc) is 2.94. The number of hydrogen-bond donors (Lipinski definition) is 3. The fourth-order valence-corrected chi connectivity index (χ4v) is 10.5. The number of hydrogen-bond acceptors (Lipinski definition) is 4. The van der Waals surface area contributed by atoms with Crippen molar-refractivity contribution < 1.29 is 15.3 Å². The molecule has 0 radical (unpaired) electrons. The van der Waals surface area contributed by atoms with E-state index in [2.05, 4.69) is 18.4 Å². The Bertz CT molecular complexity index is 724. The summed E-state index contributed by atoms with van der Waals surface area (Å²) in [7, 11) is 0. The Kier molecular flexibility index (Phi) is 1.88. The molecule has 3 heterocycles. The third kappa shape index (κ3) is 0.869. The van der Waals surface area contributed by atoms with Gasteiger partial charge in [0.15, 0.2) is 0 Å². The molecule has 6 saturated carbocycles. The molecule has 0 aromatic heterocycles. The molecule has 0 amide bonds. The smallest absolute Gasteiger partial charge is 0.128 e. The summed E-state index contributed by atoms with van der Waals surface area (Å²) in [5.41, 5.74) is -0.169. The van der Waals surface area contributed by atoms with Gasteiger partial charge < -0.3 is 15.3 Å². The van der Waals surface area contributed by atoms with E-state index in [-0.39, 0.29) is 34.0 Å². The molecule has 24 heavy (non-hydrogen) atoms. The molecule has 6 aliphatic carbocycles. The van der Waals surface area contributed by atoms with Crippen molar-refractivity contribution in [3.63, 3.8) is 0 Å². The van der Waals surface area contributed by atoms with Crippen LogP contribution in [-0.4, -0.2) is 50.7 Å². The summed E-state index contributed by atoms with van der Waals surface area (Å²) >= 11 is 0. The van der Waals surface area contributed by atoms with Crippen molar-refractivity contribution in [3.05, 3.63) is 12.2 Å². The van der Waals surface area contributed by atoms with Crippen LogP contribution >= 0.6 is 0 Å². The molecule has 1 unspecified atom stereocenters. The summed E-state index contributed by atoms with van der Waals surface area (Å²) in [4.78, 5) is 2.45. The minimum absolute atomic E-state index is 0.0220. The predicted molar refractivity (Wildman–Crippen MR) is 86.6 cm³/mol. The van der Waals surface area contributed by atoms with Crippen LogP contribution in [0.5, 0.6) is 0 Å². The van der Waals surface area contributed by atoms with Crippen LogP contribution in [0.4, 0.5) is 0 Å². The van der Waals surface area contributed by atoms with E-state index < -0.39 is 17.9 Å². The maximum absolute atomic E-state index is 12.2. The first-order chi connectivity index (χ1) is 11.3. The van der Waals surface area contributed by atoms with Crippen molar-refractivity contribution in [2.75, 3.05) is 6.54 Å². The second kappa shape index (κ2) is 3.28. The van der Waals surface area contributed by atoms with Crippen LogP contribution in [0.2, 0.25) is 0 Å². The van der Waals surface area contributed by atoms with Crippen molar-refractivity contribution in [3.8, 4) is 0 Å². The summed E-state index contributed by atoms with van der Waals surface area (Å²) in [5, 5.41) is 34.8. The van der Waals surface area contributed by atoms with Gasteiger partial charge in [0, 0.05) is 41.2 Å². The molecular weight excluding hydrogens is 302 g/mol. The second-order valence-corrected chi connectivity index (χ2v) is 10.6. The van der Waals surface area contributed by atoms with Crippen LogP contribution in [0.15, 0.2) is 12.2 Å². The monoisotopic (exact) mass is 329 g/mol. The molecule has 3 saturated heterocycles. The maximum Gasteiger partial charge on any atom is 0.128 e. The van der Waals surface area contributed by atoms with Gasteiger partial charge in [-0.1, -0.05) is 19.9 Å². The Morgan fingerprint density at radius 1 is 1.21 bits per heavy atom. The molecule has 9 bridgehead atoms. The average molecular weight is 329 g/mol. The van der Waals surface area contributed by atoms with Gasteiger partial charge in [0.25, 0.3) is 0 Å². The number of piperidine rings is 2. The number of fused-ring (bicyclic) bond motifs is 1. The fraction of sp³-hybridized carbons (Fsp3) is 0.900. The molecule has 0 aromatic rings. The van der Waals surface area contributed by atoms with Gasteiger partial charge in [-0.05, 0) is 42.6 Å². The first kappa shape index (κ1) is 13.7. The highest BCUT2D eigenvalue weighted by Gasteiger charge is 2.94. The molecule has 12 atom stereocenters. The SMILES string of the molecule is C=C1[C@H]2C[C@H]3[C@@]4(C[C@H]5[C@@H]6[C@]7(C)CCC[C@]6([C@@H]4[C@H]2O)[C@]3(O)N5C7)[C@@H]1O. The molecule has 9 rings (SSSR count). The van der Waals surface area contributed by atoms with E-state index in [9.17, 15) is 15.3 Å². The molecule has 9 fully saturated rings. The van der Waals surface area contributed by atoms with Crippen LogP contribution in [0.3, 0.4) is 0 Å². The van der Waals surface area contributed by atoms with E-state index in [1.165, 1.54) is 6.42 Å². The van der Waals surface area contributed by atoms with Crippen molar-refractivity contribution in [1.82, 2.24) is 4.90 Å². The quantitative estimate of drug-likeness (QED) is 0.583. The molecule has 4 nitrogen and oxygen atoms in total. The van der Waals surface area contributed by atoms with E-state index >= 15 is 0 Å². The molecule has 2 spiro atoms. The Labute approximate surface area is 142 Å². The minimum Gasteiger partial charge on any atom is -0.392 e. The van der Waals surface area contributed by atoms with Gasteiger partial charge in [-0.2, -0.15) is 0 Å². The fourth-order valence-electron chi connectivity index (χ4n) is 10.5. The summed E-state index contributed by atoms with van der Waals surface area (Å²) in [6.45, 7) is 7.60. The van der Waals surface area contributed by atoms with Gasteiger partial charge >= 0.3 is 0 Å². The molecule has 130 valence electrons. The van der Waals surface area contributed by atoms with Crippen LogP contribution in [-0.2, 0) is 0 Å². The van der Waals surface area contributed by atoms with Gasteiger partial charge in [0.2, 0.25) is 0 Å². The zero-order valence-electron chi connectivity index (χ0n) is 14.3. The second-order valence-electron chi connectivity index (χ2n) is 10.6. The Hall–Kier alpha value is -0.420. The highest BCUT2D eigenvalue weighted by atomic mass is 16.3. The standard InChI is InChI=1S/C20H27NO3/c1-9-10-6-12-18(16(9)23)7-11-14-17(2)4-3-5-19(14,15(18)13(10)22)20(12,24)21(11)8-17/h10-16,22-24H,1,3-8H2,2H3/t10-,11+,12+,13+,14-,15-,16-,17-,18-,19+,20+/m1/s1. The highest BCUT2D eigenvalue weighted by Crippen LogP contribution is 2.89. The van der Waals surface area contributed by atoms with Gasteiger partial charge in [-0.25, -0.2) is 0 Å². The summed E-state index contributed by atoms with van der Waals surface area (Å²) < 4.78 is 0. The van der Waals surface area contributed by atoms with Crippen LogP contribution < -0.4 is 0 Å². The highest BCUT2D eigenvalue weighted by molar-refractivity contribution is 5.45. The lowest BCUT2D eigenvalue weighted by Gasteiger charge is -2.65. The zero-order valence-corrected chi connectivity index (χ0v) is 14.3. The molecule has 3 aliphatic heterocycles. The summed E-state index contributed by atoms with van der Waals surface area (Å²) in [5.74, 6) is 0.656. The minimum atomic E-state index is -0.789. The summed E-state index contributed by atoms with van der Waals surface area (Å²) in [6, 6.07) is 0.400. The molecule has 9 aliphatic rings. The largest absolute Gasteiger partial charge is 0.392 e. The molecule has 0 aromatic carbocycles. The van der Waals surface area contributed by atoms with Gasteiger partial charge in [-0.15, -0.1) is 0 Å². The first-order valence-corrected chi connectivity index (χ1v) is 9.88. The van der Waals surface area contributed by atoms with E-state index in [1.54, 1.807) is 0 Å². The molecule has 3 N–H and O–H groups in total. The van der Waals surface area contributed by atoms with E-state index in [0.717, 1.165) is 37.8 Å². The molecule has 4 heteroatoms. The Balaban J connectivity index is 1.58. The van der Waals surface area contributed by atoms with Crippen molar-refractivity contribution in [1.29, 1.82) is 0 Å². The summed E-state index contributed by atoms with van der Waals surface area (Å²) in [6.07, 6.45) is 4.26. The predicted octanol–water partition coefficient (Wildman–Crippen LogP) is 1.11. The number of aliphatic hydroxyl groups excluding tert-OH is 2. The first-order valence-electron chi connectivity index (χ1n) is 9.88.